The molecule has 0 N–H and O–H groups in total. The second-order valence-corrected chi connectivity index (χ2v) is 19.2. The Labute approximate surface area is 329 Å². The van der Waals surface area contributed by atoms with Crippen molar-refractivity contribution in [2.24, 2.45) is 14.1 Å². The van der Waals surface area contributed by atoms with Crippen molar-refractivity contribution >= 4 is 60.1 Å². The van der Waals surface area contributed by atoms with Crippen molar-refractivity contribution in [1.29, 1.82) is 0 Å². The van der Waals surface area contributed by atoms with Gasteiger partial charge in [0.15, 0.2) is 0 Å². The minimum absolute atomic E-state index is 0. The standard InChI is InChI=1S/2C15H10N.C13H28P2.2Au/c2*1-3-11-8-9-13-12-6-4-5-7-14(12)16(2)15(13)10-11;1-5-6-7-11(2)14-10-15-12(3)8-9-13(15)4;;/h2*4-10H,2H3;11-14H,5-10H2,1-4H3;;/q2*-1;;2*+1/p+1/t;;11-,12-,13-;;/m..0../s1. The fourth-order valence-corrected chi connectivity index (χ4v) is 14.7. The number of unbranched alkanes of at least 4 members (excludes halogenated alkanes) is 1. The molecule has 0 spiro atoms. The van der Waals surface area contributed by atoms with E-state index in [4.69, 9.17) is 12.8 Å². The summed E-state index contributed by atoms with van der Waals surface area (Å²) in [6.07, 6.45) is 21.7. The summed E-state index contributed by atoms with van der Waals surface area (Å²) in [5, 5.41) is 4.99. The van der Waals surface area contributed by atoms with Crippen molar-refractivity contribution in [2.75, 3.05) is 5.90 Å². The van der Waals surface area contributed by atoms with E-state index < -0.39 is 0 Å². The molecule has 2 aromatic heterocycles. The zero-order valence-electron chi connectivity index (χ0n) is 29.6. The van der Waals surface area contributed by atoms with E-state index in [1.54, 1.807) is 5.90 Å². The van der Waals surface area contributed by atoms with Gasteiger partial charge in [-0.2, -0.15) is 0 Å². The van der Waals surface area contributed by atoms with E-state index in [1.807, 2.05) is 36.4 Å². The Balaban J connectivity index is 0.000000195. The number of nitrogens with zero attached hydrogens (tertiary/aromatic N) is 2. The van der Waals surface area contributed by atoms with Crippen molar-refractivity contribution in [3.8, 4) is 11.8 Å². The summed E-state index contributed by atoms with van der Waals surface area (Å²) in [7, 11) is 5.40. The van der Waals surface area contributed by atoms with Crippen LogP contribution in [0, 0.1) is 24.7 Å². The first-order chi connectivity index (χ1) is 22.8. The van der Waals surface area contributed by atoms with Crippen LogP contribution >= 0.6 is 16.5 Å². The Morgan fingerprint density at radius 2 is 1.14 bits per heavy atom. The molecule has 1 saturated heterocycles. The van der Waals surface area contributed by atoms with Crippen molar-refractivity contribution in [2.45, 2.75) is 76.8 Å². The summed E-state index contributed by atoms with van der Waals surface area (Å²) in [6, 6.07) is 28.7. The monoisotopic (exact) mass is 1050 g/mol. The van der Waals surface area contributed by atoms with Crippen molar-refractivity contribution in [3.05, 3.63) is 109 Å². The molecule has 0 bridgehead atoms. The van der Waals surface area contributed by atoms with Gasteiger partial charge in [-0.15, -0.1) is 35.4 Å². The summed E-state index contributed by atoms with van der Waals surface area (Å²) in [4.78, 5) is 0. The fourth-order valence-electron chi connectivity index (χ4n) is 7.09. The normalized spacial score (nSPS) is 16.3. The molecule has 1 aliphatic heterocycles. The van der Waals surface area contributed by atoms with Crippen LogP contribution in [0.25, 0.3) is 43.6 Å². The number of rotatable bonds is 6. The van der Waals surface area contributed by atoms with Gasteiger partial charge in [-0.25, -0.2) is 0 Å². The minimum Gasteiger partial charge on any atom is -0.366 e. The van der Waals surface area contributed by atoms with E-state index in [1.165, 1.54) is 73.3 Å². The van der Waals surface area contributed by atoms with Gasteiger partial charge in [-0.1, -0.05) is 83.8 Å². The summed E-state index contributed by atoms with van der Waals surface area (Å²) in [6.45, 7) is 9.81. The van der Waals surface area contributed by atoms with Crippen LogP contribution in [-0.4, -0.2) is 32.0 Å². The Bertz CT molecular complexity index is 1920. The zero-order valence-corrected chi connectivity index (χ0v) is 35.9. The molecule has 2 nitrogen and oxygen atoms in total. The largest absolute Gasteiger partial charge is 1.00 e. The van der Waals surface area contributed by atoms with Crippen LogP contribution in [0.2, 0.25) is 0 Å². The first kappa shape index (κ1) is 41.4. The number of benzene rings is 4. The molecule has 49 heavy (non-hydrogen) atoms. The van der Waals surface area contributed by atoms with E-state index in [0.29, 0.717) is 0 Å². The molecule has 0 radical (unpaired) electrons. The van der Waals surface area contributed by atoms with Crippen LogP contribution in [0.4, 0.5) is 0 Å². The molecule has 1 unspecified atom stereocenters. The molecule has 0 aliphatic carbocycles. The number of hydrogen-bond donors (Lipinski definition) is 0. The maximum absolute atomic E-state index is 7.16. The molecule has 3 heterocycles. The summed E-state index contributed by atoms with van der Waals surface area (Å²) in [5.41, 5.74) is 9.61. The SMILES string of the molecule is CCCC[C@H](C)PC[PH+]1[C@@H](C)CC[C@@H]1C.[Au+].[Au+].[C-]#Cc1ccc2c3ccccc3n(C)c2c1.[C-]#Cc1ccc2c3ccccc3n(C)c2c1. The number of fused-ring (bicyclic) bond motifs is 6. The molecule has 4 atom stereocenters. The minimum atomic E-state index is 0. The number of aromatic nitrogens is 2. The number of para-hydroxylation sites is 2. The summed E-state index contributed by atoms with van der Waals surface area (Å²) in [5.74, 6) is 6.48. The Kier molecular flexibility index (Phi) is 16.5. The van der Waals surface area contributed by atoms with Crippen LogP contribution in [0.15, 0.2) is 84.9 Å². The smallest absolute Gasteiger partial charge is 0.366 e. The predicted molar refractivity (Wildman–Crippen MR) is 212 cm³/mol. The van der Waals surface area contributed by atoms with E-state index >= 15 is 0 Å². The van der Waals surface area contributed by atoms with Gasteiger partial charge in [0.25, 0.3) is 0 Å². The molecule has 6 aromatic rings. The maximum Gasteiger partial charge on any atom is 1.00 e. The predicted octanol–water partition coefficient (Wildman–Crippen LogP) is 11.5. The Hall–Kier alpha value is -2.06. The Morgan fingerprint density at radius 1 is 0.714 bits per heavy atom. The van der Waals surface area contributed by atoms with Crippen LogP contribution in [-0.2, 0) is 58.9 Å². The second-order valence-electron chi connectivity index (χ2n) is 13.2. The van der Waals surface area contributed by atoms with E-state index in [2.05, 4.69) is 111 Å². The van der Waals surface area contributed by atoms with Gasteiger partial charge in [0.1, 0.15) is 0 Å². The molecule has 0 amide bonds. The molecule has 262 valence electrons. The zero-order chi connectivity index (χ0) is 33.5. The third-order valence-corrected chi connectivity index (χ3v) is 16.6. The van der Waals surface area contributed by atoms with Crippen LogP contribution < -0.4 is 0 Å². The maximum atomic E-state index is 7.16. The molecule has 0 saturated carbocycles. The molecular weight excluding hydrogens is 1000 g/mol. The topological polar surface area (TPSA) is 9.86 Å². The second kappa shape index (κ2) is 19.5. The van der Waals surface area contributed by atoms with E-state index in [9.17, 15) is 0 Å². The average Bonchev–Trinajstić information content (AvgIpc) is 3.70. The third kappa shape index (κ3) is 9.64. The fraction of sp³-hybridized carbons (Fsp3) is 0.349. The Morgan fingerprint density at radius 3 is 1.57 bits per heavy atom. The van der Waals surface area contributed by atoms with Crippen LogP contribution in [0.3, 0.4) is 0 Å². The van der Waals surface area contributed by atoms with Gasteiger partial charge in [0.05, 0.1) is 17.2 Å². The van der Waals surface area contributed by atoms with Gasteiger partial charge in [0.2, 0.25) is 0 Å². The molecule has 4 aromatic carbocycles. The quantitative estimate of drug-likeness (QED) is 0.0681. The van der Waals surface area contributed by atoms with Crippen LogP contribution in [0.1, 0.15) is 70.9 Å². The third-order valence-electron chi connectivity index (χ3n) is 10.1. The van der Waals surface area contributed by atoms with Crippen molar-refractivity contribution in [1.82, 2.24) is 9.13 Å². The number of aryl methyl sites for hydroxylation is 2. The van der Waals surface area contributed by atoms with Crippen molar-refractivity contribution in [3.63, 3.8) is 0 Å². The summed E-state index contributed by atoms with van der Waals surface area (Å²) >= 11 is 0. The van der Waals surface area contributed by atoms with E-state index in [-0.39, 0.29) is 52.7 Å². The molecular formula is C43H49Au2N2P2+. The van der Waals surface area contributed by atoms with Gasteiger partial charge in [-0.3, -0.25) is 11.8 Å². The molecule has 1 fully saturated rings. The molecule has 6 heteroatoms. The molecule has 1 aliphatic rings. The molecule has 7 rings (SSSR count). The first-order valence-corrected chi connectivity index (χ1v) is 20.3. The average molecular weight is 1050 g/mol. The van der Waals surface area contributed by atoms with Gasteiger partial charge < -0.3 is 22.0 Å². The van der Waals surface area contributed by atoms with Gasteiger partial charge in [-0.05, 0) is 50.9 Å². The van der Waals surface area contributed by atoms with Gasteiger partial charge >= 0.3 is 44.8 Å². The first-order valence-electron chi connectivity index (χ1n) is 17.2. The van der Waals surface area contributed by atoms with Crippen LogP contribution in [0.5, 0.6) is 0 Å². The number of hydrogen-bond acceptors (Lipinski definition) is 0. The van der Waals surface area contributed by atoms with E-state index in [0.717, 1.165) is 39.1 Å². The van der Waals surface area contributed by atoms with Gasteiger partial charge in [0, 0.05) is 65.6 Å². The van der Waals surface area contributed by atoms with Crippen molar-refractivity contribution < 1.29 is 44.8 Å². The summed E-state index contributed by atoms with van der Waals surface area (Å²) < 4.78 is 4.32.